The topological polar surface area (TPSA) is 54.7 Å². The molecule has 0 radical (unpaired) electrons. The van der Waals surface area contributed by atoms with E-state index in [9.17, 15) is 4.39 Å². The van der Waals surface area contributed by atoms with Crippen molar-refractivity contribution >= 4 is 28.5 Å². The molecule has 0 unspecified atom stereocenters. The Morgan fingerprint density at radius 3 is 2.78 bits per heavy atom. The van der Waals surface area contributed by atoms with E-state index < -0.39 is 0 Å². The fraction of sp³-hybridized carbons (Fsp3) is 0. The van der Waals surface area contributed by atoms with Crippen LogP contribution in [0.15, 0.2) is 52.5 Å². The van der Waals surface area contributed by atoms with Crippen molar-refractivity contribution in [2.45, 2.75) is 10.1 Å². The van der Waals surface area contributed by atoms with Gasteiger partial charge in [0.05, 0.1) is 15.9 Å². The number of halogens is 1. The van der Waals surface area contributed by atoms with Crippen LogP contribution in [0.4, 0.5) is 10.1 Å². The van der Waals surface area contributed by atoms with Crippen LogP contribution in [0.5, 0.6) is 0 Å². The minimum absolute atomic E-state index is 0.333. The van der Waals surface area contributed by atoms with E-state index in [2.05, 4.69) is 9.97 Å². The highest BCUT2D eigenvalue weighted by molar-refractivity contribution is 7.99. The minimum Gasteiger partial charge on any atom is -0.399 e. The molecule has 0 aliphatic carbocycles. The number of anilines is 1. The second-order valence-corrected chi connectivity index (χ2v) is 4.88. The quantitative estimate of drug-likeness (QED) is 0.693. The van der Waals surface area contributed by atoms with Crippen molar-refractivity contribution < 1.29 is 4.39 Å². The van der Waals surface area contributed by atoms with Gasteiger partial charge in [-0.2, -0.15) is 0 Å². The second kappa shape index (κ2) is 4.34. The molecule has 0 atom stereocenters. The van der Waals surface area contributed by atoms with Gasteiger partial charge in [-0.3, -0.25) is 0 Å². The third kappa shape index (κ3) is 2.04. The van der Waals surface area contributed by atoms with Gasteiger partial charge in [-0.15, -0.1) is 0 Å². The van der Waals surface area contributed by atoms with Crippen LogP contribution in [0.3, 0.4) is 0 Å². The molecule has 2 aromatic carbocycles. The van der Waals surface area contributed by atoms with E-state index in [4.69, 9.17) is 5.73 Å². The Labute approximate surface area is 107 Å². The largest absolute Gasteiger partial charge is 0.399 e. The van der Waals surface area contributed by atoms with Crippen molar-refractivity contribution in [3.05, 3.63) is 48.3 Å². The first-order valence-electron chi connectivity index (χ1n) is 5.40. The molecule has 90 valence electrons. The van der Waals surface area contributed by atoms with Crippen LogP contribution in [0, 0.1) is 5.82 Å². The minimum atomic E-state index is -0.333. The summed E-state index contributed by atoms with van der Waals surface area (Å²) >= 11 is 1.25. The molecule has 3 N–H and O–H groups in total. The molecule has 0 fully saturated rings. The lowest BCUT2D eigenvalue weighted by molar-refractivity contribution is 0.602. The lowest BCUT2D eigenvalue weighted by atomic mass is 10.3. The van der Waals surface area contributed by atoms with E-state index in [1.54, 1.807) is 12.1 Å². The van der Waals surface area contributed by atoms with Gasteiger partial charge in [0.1, 0.15) is 5.82 Å². The van der Waals surface area contributed by atoms with Gasteiger partial charge in [-0.1, -0.05) is 12.1 Å². The number of hydrogen-bond donors (Lipinski definition) is 2. The van der Waals surface area contributed by atoms with Gasteiger partial charge in [0.2, 0.25) is 0 Å². The van der Waals surface area contributed by atoms with Crippen LogP contribution in [0.2, 0.25) is 0 Å². The Balaban J connectivity index is 1.96. The number of para-hydroxylation sites is 2. The van der Waals surface area contributed by atoms with Crippen LogP contribution in [0.1, 0.15) is 0 Å². The zero-order valence-electron chi connectivity index (χ0n) is 9.35. The number of benzene rings is 2. The summed E-state index contributed by atoms with van der Waals surface area (Å²) in [5.74, 6) is -0.333. The number of nitrogens with zero attached hydrogens (tertiary/aromatic N) is 1. The molecule has 0 amide bonds. The molecule has 18 heavy (non-hydrogen) atoms. The van der Waals surface area contributed by atoms with E-state index in [0.717, 1.165) is 11.0 Å². The molecule has 0 aliphatic rings. The fourth-order valence-electron chi connectivity index (χ4n) is 1.68. The number of rotatable bonds is 2. The summed E-state index contributed by atoms with van der Waals surface area (Å²) in [4.78, 5) is 8.02. The van der Waals surface area contributed by atoms with Crippen LogP contribution in [0.25, 0.3) is 11.0 Å². The summed E-state index contributed by atoms with van der Waals surface area (Å²) in [6, 6.07) is 12.3. The Morgan fingerprint density at radius 1 is 1.17 bits per heavy atom. The Hall–Kier alpha value is -2.01. The molecule has 0 saturated carbocycles. The van der Waals surface area contributed by atoms with Crippen LogP contribution in [-0.4, -0.2) is 9.97 Å². The van der Waals surface area contributed by atoms with Gasteiger partial charge >= 0.3 is 0 Å². The molecule has 1 heterocycles. The molecule has 0 saturated heterocycles. The Kier molecular flexibility index (Phi) is 2.68. The maximum atomic E-state index is 13.6. The lowest BCUT2D eigenvalue weighted by Gasteiger charge is -2.00. The molecule has 3 nitrogen and oxygen atoms in total. The average molecular weight is 259 g/mol. The van der Waals surface area contributed by atoms with E-state index in [-0.39, 0.29) is 5.82 Å². The normalized spacial score (nSPS) is 10.9. The molecule has 3 aromatic rings. The number of nitrogen functional groups attached to an aromatic ring is 1. The second-order valence-electron chi connectivity index (χ2n) is 3.85. The van der Waals surface area contributed by atoms with Crippen molar-refractivity contribution in [3.63, 3.8) is 0 Å². The summed E-state index contributed by atoms with van der Waals surface area (Å²) in [5, 5.41) is 0.667. The first-order valence-corrected chi connectivity index (χ1v) is 6.21. The lowest BCUT2D eigenvalue weighted by Crippen LogP contribution is -1.88. The van der Waals surface area contributed by atoms with Crippen molar-refractivity contribution in [3.8, 4) is 0 Å². The molecule has 0 aliphatic heterocycles. The zero-order chi connectivity index (χ0) is 12.5. The summed E-state index contributed by atoms with van der Waals surface area (Å²) < 4.78 is 13.6. The maximum Gasteiger partial charge on any atom is 0.171 e. The number of nitrogens with two attached hydrogens (primary N) is 1. The van der Waals surface area contributed by atoms with Crippen LogP contribution in [-0.2, 0) is 0 Å². The number of hydrogen-bond acceptors (Lipinski definition) is 3. The van der Waals surface area contributed by atoms with E-state index in [1.807, 2.05) is 24.3 Å². The maximum absolute atomic E-state index is 13.6. The first kappa shape index (κ1) is 11.1. The zero-order valence-corrected chi connectivity index (χ0v) is 10.2. The third-order valence-electron chi connectivity index (χ3n) is 2.53. The number of imidazole rings is 1. The Bertz CT molecular complexity index is 675. The van der Waals surface area contributed by atoms with Crippen molar-refractivity contribution in [1.29, 1.82) is 0 Å². The molecule has 0 spiro atoms. The predicted molar refractivity (Wildman–Crippen MR) is 71.0 cm³/mol. The van der Waals surface area contributed by atoms with E-state index in [1.165, 1.54) is 17.8 Å². The molecular weight excluding hydrogens is 249 g/mol. The smallest absolute Gasteiger partial charge is 0.171 e. The first-order chi connectivity index (χ1) is 8.72. The number of aromatic amines is 1. The number of fused-ring (bicyclic) bond motifs is 1. The highest BCUT2D eigenvalue weighted by Crippen LogP contribution is 2.30. The van der Waals surface area contributed by atoms with Gasteiger partial charge in [-0.05, 0) is 42.1 Å². The third-order valence-corrected chi connectivity index (χ3v) is 3.47. The fourth-order valence-corrected chi connectivity index (χ4v) is 2.49. The molecule has 1 aromatic heterocycles. The molecule has 0 bridgehead atoms. The SMILES string of the molecule is Nc1ccc(Sc2nc3ccccc3[nH]2)c(F)c1. The average Bonchev–Trinajstić information content (AvgIpc) is 2.75. The number of aromatic nitrogens is 2. The van der Waals surface area contributed by atoms with Gasteiger partial charge in [0.25, 0.3) is 0 Å². The van der Waals surface area contributed by atoms with E-state index >= 15 is 0 Å². The number of H-pyrrole nitrogens is 1. The monoisotopic (exact) mass is 259 g/mol. The molecular formula is C13H10FN3S. The Morgan fingerprint density at radius 2 is 2.00 bits per heavy atom. The van der Waals surface area contributed by atoms with Crippen molar-refractivity contribution in [2.24, 2.45) is 0 Å². The van der Waals surface area contributed by atoms with Crippen molar-refractivity contribution in [2.75, 3.05) is 5.73 Å². The van der Waals surface area contributed by atoms with Crippen LogP contribution >= 0.6 is 11.8 Å². The summed E-state index contributed by atoms with van der Waals surface area (Å²) in [7, 11) is 0. The van der Waals surface area contributed by atoms with Crippen molar-refractivity contribution in [1.82, 2.24) is 9.97 Å². The summed E-state index contributed by atoms with van der Waals surface area (Å²) in [6.07, 6.45) is 0. The van der Waals surface area contributed by atoms with Gasteiger partial charge in [0.15, 0.2) is 5.16 Å². The highest BCUT2D eigenvalue weighted by atomic mass is 32.2. The predicted octanol–water partition coefficient (Wildman–Crippen LogP) is 3.44. The number of nitrogens with one attached hydrogen (secondary N) is 1. The molecule has 5 heteroatoms. The summed E-state index contributed by atoms with van der Waals surface area (Å²) in [6.45, 7) is 0. The standard InChI is InChI=1S/C13H10FN3S/c14-9-7-8(15)5-6-12(9)18-13-16-10-3-1-2-4-11(10)17-13/h1-7H,15H2,(H,16,17). The van der Waals surface area contributed by atoms with E-state index in [0.29, 0.717) is 15.7 Å². The molecule has 3 rings (SSSR count). The van der Waals surface area contributed by atoms with Gasteiger partial charge < -0.3 is 10.7 Å². The van der Waals surface area contributed by atoms with Gasteiger partial charge in [-0.25, -0.2) is 9.37 Å². The highest BCUT2D eigenvalue weighted by Gasteiger charge is 2.08. The summed E-state index contributed by atoms with van der Waals surface area (Å²) in [5.41, 5.74) is 7.74. The van der Waals surface area contributed by atoms with Crippen LogP contribution < -0.4 is 5.73 Å². The van der Waals surface area contributed by atoms with Gasteiger partial charge in [0, 0.05) is 5.69 Å².